The van der Waals surface area contributed by atoms with Crippen molar-refractivity contribution < 1.29 is 14.7 Å². The highest BCUT2D eigenvalue weighted by atomic mass is 16.4. The molecule has 0 aliphatic carbocycles. The molecule has 1 amide bonds. The Morgan fingerprint density at radius 2 is 1.07 bits per heavy atom. The van der Waals surface area contributed by atoms with E-state index >= 15 is 0 Å². The second-order valence-electron chi connectivity index (χ2n) is 7.71. The molecule has 0 saturated carbocycles. The predicted molar refractivity (Wildman–Crippen MR) is 116 cm³/mol. The van der Waals surface area contributed by atoms with E-state index in [0.29, 0.717) is 5.56 Å². The average Bonchev–Trinajstić information content (AvgIpc) is 2.71. The highest BCUT2D eigenvalue weighted by Crippen LogP contribution is 2.13. The lowest BCUT2D eigenvalue weighted by Gasteiger charge is -2.23. The van der Waals surface area contributed by atoms with Gasteiger partial charge in [0.25, 0.3) is 5.91 Å². The summed E-state index contributed by atoms with van der Waals surface area (Å²) in [6.07, 6.45) is 14.5. The van der Waals surface area contributed by atoms with Crippen molar-refractivity contribution in [1.82, 2.24) is 4.90 Å². The van der Waals surface area contributed by atoms with E-state index in [4.69, 9.17) is 5.11 Å². The third-order valence-electron chi connectivity index (χ3n) is 5.23. The Balaban J connectivity index is 2.56. The summed E-state index contributed by atoms with van der Waals surface area (Å²) in [5.41, 5.74) is 0.803. The fourth-order valence-electron chi connectivity index (χ4n) is 3.42. The molecule has 0 heterocycles. The molecule has 0 unspecified atom stereocenters. The lowest BCUT2D eigenvalue weighted by atomic mass is 10.1. The summed E-state index contributed by atoms with van der Waals surface area (Å²) >= 11 is 0. The molecule has 4 heteroatoms. The van der Waals surface area contributed by atoms with Gasteiger partial charge in [0.2, 0.25) is 0 Å². The number of carbonyl (C=O) groups excluding carboxylic acids is 1. The second-order valence-corrected chi connectivity index (χ2v) is 7.71. The maximum atomic E-state index is 12.9. The molecule has 0 fully saturated rings. The van der Waals surface area contributed by atoms with Crippen molar-refractivity contribution in [3.8, 4) is 0 Å². The summed E-state index contributed by atoms with van der Waals surface area (Å²) in [6, 6.07) is 6.31. The Labute approximate surface area is 171 Å². The van der Waals surface area contributed by atoms with Crippen LogP contribution in [0.5, 0.6) is 0 Å². The molecular weight excluding hydrogens is 350 g/mol. The maximum absolute atomic E-state index is 12.9. The van der Waals surface area contributed by atoms with Crippen molar-refractivity contribution in [2.24, 2.45) is 0 Å². The van der Waals surface area contributed by atoms with E-state index < -0.39 is 5.97 Å². The van der Waals surface area contributed by atoms with Gasteiger partial charge in [0.15, 0.2) is 0 Å². The van der Waals surface area contributed by atoms with Crippen LogP contribution >= 0.6 is 0 Å². The highest BCUT2D eigenvalue weighted by Gasteiger charge is 2.16. The summed E-state index contributed by atoms with van der Waals surface area (Å²) in [5.74, 6) is -0.936. The number of aromatic carboxylic acids is 1. The highest BCUT2D eigenvalue weighted by molar-refractivity contribution is 5.95. The zero-order valence-electron chi connectivity index (χ0n) is 17.9. The third kappa shape index (κ3) is 9.91. The van der Waals surface area contributed by atoms with Crippen molar-refractivity contribution in [1.29, 1.82) is 0 Å². The van der Waals surface area contributed by atoms with Crippen LogP contribution in [-0.2, 0) is 0 Å². The van der Waals surface area contributed by atoms with E-state index in [9.17, 15) is 9.59 Å². The third-order valence-corrected chi connectivity index (χ3v) is 5.23. The molecule has 158 valence electrons. The van der Waals surface area contributed by atoms with E-state index in [0.717, 1.165) is 38.8 Å². The molecule has 0 radical (unpaired) electrons. The molecule has 1 N–H and O–H groups in total. The SMILES string of the molecule is CCCCCCCCN(CCCCCCCC)C(=O)c1ccc(C(=O)O)cc1. The first-order valence-electron chi connectivity index (χ1n) is 11.2. The molecule has 0 spiro atoms. The van der Waals surface area contributed by atoms with Crippen molar-refractivity contribution in [2.75, 3.05) is 13.1 Å². The summed E-state index contributed by atoms with van der Waals surface area (Å²) in [4.78, 5) is 25.9. The largest absolute Gasteiger partial charge is 0.478 e. The molecule has 1 aromatic carbocycles. The number of unbranched alkanes of at least 4 members (excludes halogenated alkanes) is 10. The molecule has 28 heavy (non-hydrogen) atoms. The molecule has 1 aromatic rings. The predicted octanol–water partition coefficient (Wildman–Crippen LogP) is 6.55. The van der Waals surface area contributed by atoms with Crippen molar-refractivity contribution in [3.63, 3.8) is 0 Å². The second kappa shape index (κ2) is 15.1. The van der Waals surface area contributed by atoms with Crippen LogP contribution < -0.4 is 0 Å². The summed E-state index contributed by atoms with van der Waals surface area (Å²) < 4.78 is 0. The van der Waals surface area contributed by atoms with Crippen LogP contribution in [0.25, 0.3) is 0 Å². The van der Waals surface area contributed by atoms with Crippen LogP contribution in [0.15, 0.2) is 24.3 Å². The van der Waals surface area contributed by atoms with Gasteiger partial charge in [-0.2, -0.15) is 0 Å². The first-order chi connectivity index (χ1) is 13.6. The van der Waals surface area contributed by atoms with E-state index in [1.54, 1.807) is 12.1 Å². The normalized spacial score (nSPS) is 10.8. The first-order valence-corrected chi connectivity index (χ1v) is 11.2. The van der Waals surface area contributed by atoms with Gasteiger partial charge in [0.1, 0.15) is 0 Å². The van der Waals surface area contributed by atoms with Crippen molar-refractivity contribution >= 4 is 11.9 Å². The summed E-state index contributed by atoms with van der Waals surface area (Å²) in [6.45, 7) is 6.02. The van der Waals surface area contributed by atoms with Gasteiger partial charge >= 0.3 is 5.97 Å². The van der Waals surface area contributed by atoms with Gasteiger partial charge < -0.3 is 10.0 Å². The number of carboxylic acids is 1. The van der Waals surface area contributed by atoms with Gasteiger partial charge in [-0.1, -0.05) is 78.1 Å². The van der Waals surface area contributed by atoms with E-state index in [2.05, 4.69) is 13.8 Å². The standard InChI is InChI=1S/C24H39NO3/c1-3-5-7-9-11-13-19-25(20-14-12-10-8-6-4-2)23(26)21-15-17-22(18-16-21)24(27)28/h15-18H,3-14,19-20H2,1-2H3,(H,27,28). The Bertz CT molecular complexity index is 537. The number of rotatable bonds is 16. The number of nitrogens with zero attached hydrogens (tertiary/aromatic N) is 1. The lowest BCUT2D eigenvalue weighted by Crippen LogP contribution is -2.33. The number of amides is 1. The fourth-order valence-corrected chi connectivity index (χ4v) is 3.42. The van der Waals surface area contributed by atoms with Gasteiger partial charge in [-0.3, -0.25) is 4.79 Å². The minimum absolute atomic E-state index is 0.0269. The average molecular weight is 390 g/mol. The minimum atomic E-state index is -0.963. The van der Waals surface area contributed by atoms with E-state index in [-0.39, 0.29) is 11.5 Å². The number of benzene rings is 1. The first kappa shape index (κ1) is 24.2. The van der Waals surface area contributed by atoms with Crippen molar-refractivity contribution in [3.05, 3.63) is 35.4 Å². The lowest BCUT2D eigenvalue weighted by molar-refractivity contribution is 0.0693. The minimum Gasteiger partial charge on any atom is -0.478 e. The topological polar surface area (TPSA) is 57.6 Å². The van der Waals surface area contributed by atoms with Crippen LogP contribution in [0, 0.1) is 0 Å². The smallest absolute Gasteiger partial charge is 0.335 e. The zero-order valence-corrected chi connectivity index (χ0v) is 17.9. The number of hydrogen-bond donors (Lipinski definition) is 1. The zero-order chi connectivity index (χ0) is 20.6. The Morgan fingerprint density at radius 3 is 1.50 bits per heavy atom. The number of carbonyl (C=O) groups is 2. The van der Waals surface area contributed by atoms with E-state index in [1.807, 2.05) is 4.90 Å². The molecule has 1 rings (SSSR count). The Kier molecular flexibility index (Phi) is 13.1. The van der Waals surface area contributed by atoms with Gasteiger partial charge in [-0.05, 0) is 37.1 Å². The van der Waals surface area contributed by atoms with Gasteiger partial charge in [0, 0.05) is 18.7 Å². The molecule has 0 bridgehead atoms. The number of hydrogen-bond acceptors (Lipinski definition) is 2. The van der Waals surface area contributed by atoms with Gasteiger partial charge in [-0.15, -0.1) is 0 Å². The van der Waals surface area contributed by atoms with Gasteiger partial charge in [-0.25, -0.2) is 4.79 Å². The summed E-state index contributed by atoms with van der Waals surface area (Å²) in [7, 11) is 0. The molecule has 0 atom stereocenters. The summed E-state index contributed by atoms with van der Waals surface area (Å²) in [5, 5.41) is 9.04. The Hall–Kier alpha value is -1.84. The number of carboxylic acid groups (broad SMARTS) is 1. The van der Waals surface area contributed by atoms with Gasteiger partial charge in [0.05, 0.1) is 5.56 Å². The Morgan fingerprint density at radius 1 is 0.679 bits per heavy atom. The van der Waals surface area contributed by atoms with Crippen molar-refractivity contribution in [2.45, 2.75) is 90.9 Å². The molecule has 0 aliphatic heterocycles. The van der Waals surface area contributed by atoms with Crippen LogP contribution in [-0.4, -0.2) is 35.0 Å². The molecule has 0 aromatic heterocycles. The van der Waals surface area contributed by atoms with Crippen LogP contribution in [0.3, 0.4) is 0 Å². The fraction of sp³-hybridized carbons (Fsp3) is 0.667. The monoisotopic (exact) mass is 389 g/mol. The quantitative estimate of drug-likeness (QED) is 0.326. The molecular formula is C24H39NO3. The molecule has 0 aliphatic rings. The molecule has 0 saturated heterocycles. The maximum Gasteiger partial charge on any atom is 0.335 e. The van der Waals surface area contributed by atoms with E-state index in [1.165, 1.54) is 63.5 Å². The van der Waals surface area contributed by atoms with Crippen LogP contribution in [0.1, 0.15) is 112 Å². The van der Waals surface area contributed by atoms with Crippen LogP contribution in [0.2, 0.25) is 0 Å². The van der Waals surface area contributed by atoms with Crippen LogP contribution in [0.4, 0.5) is 0 Å². The molecule has 4 nitrogen and oxygen atoms in total.